The molecule has 114 valence electrons. The van der Waals surface area contributed by atoms with Gasteiger partial charge in [-0.1, -0.05) is 29.8 Å². The van der Waals surface area contributed by atoms with E-state index in [9.17, 15) is 4.79 Å². The summed E-state index contributed by atoms with van der Waals surface area (Å²) in [7, 11) is 1.59. The van der Waals surface area contributed by atoms with Crippen LogP contribution in [0, 0.1) is 18.3 Å². The first-order chi connectivity index (χ1) is 10.3. The Bertz CT molecular complexity index is 710. The molecule has 0 saturated heterocycles. The van der Waals surface area contributed by atoms with Crippen molar-refractivity contribution in [2.24, 2.45) is 0 Å². The van der Waals surface area contributed by atoms with E-state index in [1.54, 1.807) is 20.9 Å². The molecule has 7 nitrogen and oxygen atoms in total. The van der Waals surface area contributed by atoms with Gasteiger partial charge in [0.1, 0.15) is 12.1 Å². The van der Waals surface area contributed by atoms with Crippen molar-refractivity contribution >= 4 is 5.91 Å². The van der Waals surface area contributed by atoms with Gasteiger partial charge in [0.05, 0.1) is 6.07 Å². The van der Waals surface area contributed by atoms with Crippen LogP contribution in [0.25, 0.3) is 11.4 Å². The third-order valence-corrected chi connectivity index (χ3v) is 3.53. The summed E-state index contributed by atoms with van der Waals surface area (Å²) in [6.07, 6.45) is 0. The van der Waals surface area contributed by atoms with E-state index >= 15 is 0 Å². The minimum Gasteiger partial charge on any atom is -0.326 e. The summed E-state index contributed by atoms with van der Waals surface area (Å²) in [6, 6.07) is 9.82. The molecule has 2 aromatic rings. The Morgan fingerprint density at radius 1 is 1.36 bits per heavy atom. The zero-order chi connectivity index (χ0) is 16.3. The summed E-state index contributed by atoms with van der Waals surface area (Å²) in [5.74, 6) is 0.217. The number of hydrogen-bond acceptors (Lipinski definition) is 5. The van der Waals surface area contributed by atoms with Crippen molar-refractivity contribution in [3.63, 3.8) is 0 Å². The minimum absolute atomic E-state index is 0.0551. The van der Waals surface area contributed by atoms with E-state index in [1.807, 2.05) is 31.2 Å². The van der Waals surface area contributed by atoms with Gasteiger partial charge in [-0.15, -0.1) is 10.2 Å². The summed E-state index contributed by atoms with van der Waals surface area (Å²) < 4.78 is 0. The molecule has 22 heavy (non-hydrogen) atoms. The lowest BCUT2D eigenvalue weighted by molar-refractivity contribution is -0.134. The molecule has 1 aromatic heterocycles. The predicted molar refractivity (Wildman–Crippen MR) is 80.5 cm³/mol. The lowest BCUT2D eigenvalue weighted by Crippen LogP contribution is -2.45. The van der Waals surface area contributed by atoms with Crippen molar-refractivity contribution in [1.82, 2.24) is 25.1 Å². The van der Waals surface area contributed by atoms with Gasteiger partial charge in [0.15, 0.2) is 0 Å². The van der Waals surface area contributed by atoms with Crippen LogP contribution >= 0.6 is 0 Å². The first-order valence-corrected chi connectivity index (χ1v) is 6.86. The molecule has 0 radical (unpaired) electrons. The van der Waals surface area contributed by atoms with E-state index in [0.717, 1.165) is 11.1 Å². The third kappa shape index (κ3) is 3.28. The average molecular weight is 298 g/mol. The van der Waals surface area contributed by atoms with Gasteiger partial charge in [0.2, 0.25) is 11.7 Å². The average Bonchev–Trinajstić information content (AvgIpc) is 2.95. The van der Waals surface area contributed by atoms with Gasteiger partial charge >= 0.3 is 0 Å². The second-order valence-electron chi connectivity index (χ2n) is 5.63. The highest BCUT2D eigenvalue weighted by Crippen LogP contribution is 2.14. The fourth-order valence-electron chi connectivity index (χ4n) is 1.74. The monoisotopic (exact) mass is 298 g/mol. The van der Waals surface area contributed by atoms with Crippen LogP contribution < -0.4 is 0 Å². The number of rotatable bonds is 4. The van der Waals surface area contributed by atoms with Gasteiger partial charge in [-0.3, -0.25) is 4.79 Å². The Morgan fingerprint density at radius 2 is 2.00 bits per heavy atom. The molecular weight excluding hydrogens is 280 g/mol. The number of nitrogens with zero attached hydrogens (tertiary/aromatic N) is 6. The van der Waals surface area contributed by atoms with Crippen molar-refractivity contribution in [3.8, 4) is 17.5 Å². The van der Waals surface area contributed by atoms with E-state index in [-0.39, 0.29) is 12.5 Å². The quantitative estimate of drug-likeness (QED) is 0.851. The maximum Gasteiger partial charge on any atom is 0.247 e. The fourth-order valence-corrected chi connectivity index (χ4v) is 1.74. The molecule has 0 spiro atoms. The van der Waals surface area contributed by atoms with Gasteiger partial charge in [0.25, 0.3) is 0 Å². The Hall–Kier alpha value is -2.75. The largest absolute Gasteiger partial charge is 0.326 e. The molecule has 0 atom stereocenters. The van der Waals surface area contributed by atoms with Gasteiger partial charge < -0.3 is 4.90 Å². The van der Waals surface area contributed by atoms with Gasteiger partial charge in [-0.2, -0.15) is 10.1 Å². The maximum absolute atomic E-state index is 12.2. The van der Waals surface area contributed by atoms with Gasteiger partial charge in [-0.05, 0) is 26.0 Å². The molecule has 1 amide bonds. The van der Waals surface area contributed by atoms with E-state index < -0.39 is 5.54 Å². The summed E-state index contributed by atoms with van der Waals surface area (Å²) in [6.45, 7) is 5.30. The first-order valence-electron chi connectivity index (χ1n) is 6.86. The lowest BCUT2D eigenvalue weighted by Gasteiger charge is -2.28. The van der Waals surface area contributed by atoms with Crippen molar-refractivity contribution in [2.45, 2.75) is 32.9 Å². The van der Waals surface area contributed by atoms with Crippen LogP contribution in [0.3, 0.4) is 0 Å². The van der Waals surface area contributed by atoms with Crippen LogP contribution in [0.15, 0.2) is 24.3 Å². The fraction of sp³-hybridized carbons (Fsp3) is 0.400. The number of hydrogen-bond donors (Lipinski definition) is 0. The number of nitriles is 1. The number of carbonyl (C=O) groups is 1. The Morgan fingerprint density at radius 3 is 2.59 bits per heavy atom. The van der Waals surface area contributed by atoms with E-state index in [1.165, 1.54) is 9.70 Å². The molecule has 2 rings (SSSR count). The SMILES string of the molecule is Cc1ccc(-c2nnn(CC(=O)N(C)C(C)(C)C#N)n2)cc1. The third-order valence-electron chi connectivity index (χ3n) is 3.53. The molecule has 1 aromatic carbocycles. The highest BCUT2D eigenvalue weighted by molar-refractivity contribution is 5.76. The Labute approximate surface area is 129 Å². The molecule has 0 fully saturated rings. The van der Waals surface area contributed by atoms with Crippen LogP contribution in [0.5, 0.6) is 0 Å². The standard InChI is InChI=1S/C15H18N6O/c1-11-5-7-12(8-6-11)14-17-19-21(18-14)9-13(22)20(4)15(2,3)10-16/h5-8H,9H2,1-4H3. The minimum atomic E-state index is -0.878. The summed E-state index contributed by atoms with van der Waals surface area (Å²) in [5, 5.41) is 21.1. The van der Waals surface area contributed by atoms with Crippen molar-refractivity contribution in [3.05, 3.63) is 29.8 Å². The highest BCUT2D eigenvalue weighted by Gasteiger charge is 2.27. The number of benzene rings is 1. The van der Waals surface area contributed by atoms with Crippen LogP contribution in [-0.4, -0.2) is 43.6 Å². The molecule has 0 bridgehead atoms. The smallest absolute Gasteiger partial charge is 0.247 e. The number of tetrazole rings is 1. The second-order valence-corrected chi connectivity index (χ2v) is 5.63. The van der Waals surface area contributed by atoms with Crippen molar-refractivity contribution < 1.29 is 4.79 Å². The molecule has 0 saturated carbocycles. The van der Waals surface area contributed by atoms with E-state index in [4.69, 9.17) is 5.26 Å². The Kier molecular flexibility index (Phi) is 4.22. The number of carbonyl (C=O) groups excluding carboxylic acids is 1. The first kappa shape index (κ1) is 15.6. The molecule has 1 heterocycles. The number of amides is 1. The summed E-state index contributed by atoms with van der Waals surface area (Å²) in [4.78, 5) is 14.8. The molecule has 7 heteroatoms. The highest BCUT2D eigenvalue weighted by atomic mass is 16.2. The summed E-state index contributed by atoms with van der Waals surface area (Å²) in [5.41, 5.74) is 1.11. The zero-order valence-electron chi connectivity index (χ0n) is 13.1. The second kappa shape index (κ2) is 5.93. The van der Waals surface area contributed by atoms with E-state index in [2.05, 4.69) is 21.5 Å². The number of likely N-dealkylation sites (N-methyl/N-ethyl adjacent to an activating group) is 1. The van der Waals surface area contributed by atoms with Crippen LogP contribution in [-0.2, 0) is 11.3 Å². The normalized spacial score (nSPS) is 11.0. The predicted octanol–water partition coefficient (Wildman–Crippen LogP) is 1.41. The van der Waals surface area contributed by atoms with Crippen LogP contribution in [0.4, 0.5) is 0 Å². The van der Waals surface area contributed by atoms with Crippen LogP contribution in [0.2, 0.25) is 0 Å². The molecule has 0 N–H and O–H groups in total. The van der Waals surface area contributed by atoms with Crippen molar-refractivity contribution in [2.75, 3.05) is 7.05 Å². The number of aromatic nitrogens is 4. The molecule has 0 aliphatic carbocycles. The number of aryl methyl sites for hydroxylation is 1. The summed E-state index contributed by atoms with van der Waals surface area (Å²) >= 11 is 0. The maximum atomic E-state index is 12.2. The lowest BCUT2D eigenvalue weighted by atomic mass is 10.1. The topological polar surface area (TPSA) is 87.7 Å². The van der Waals surface area contributed by atoms with Gasteiger partial charge in [0, 0.05) is 12.6 Å². The van der Waals surface area contributed by atoms with Gasteiger partial charge in [-0.25, -0.2) is 0 Å². The zero-order valence-corrected chi connectivity index (χ0v) is 13.1. The molecular formula is C15H18N6O. The molecule has 0 aliphatic heterocycles. The Balaban J connectivity index is 2.11. The van der Waals surface area contributed by atoms with Crippen molar-refractivity contribution in [1.29, 1.82) is 5.26 Å². The van der Waals surface area contributed by atoms with Crippen LogP contribution in [0.1, 0.15) is 19.4 Å². The van der Waals surface area contributed by atoms with E-state index in [0.29, 0.717) is 5.82 Å². The molecule has 0 unspecified atom stereocenters. The molecule has 0 aliphatic rings.